The zero-order chi connectivity index (χ0) is 14.1. The fourth-order valence-corrected chi connectivity index (χ4v) is 1.67. The summed E-state index contributed by atoms with van der Waals surface area (Å²) in [6.45, 7) is 4.92. The van der Waals surface area contributed by atoms with Crippen molar-refractivity contribution in [3.05, 3.63) is 23.8 Å². The third-order valence-electron chi connectivity index (χ3n) is 2.67. The van der Waals surface area contributed by atoms with Crippen LogP contribution < -0.4 is 9.47 Å². The number of rotatable bonds is 6. The molecule has 1 rings (SSSR count). The van der Waals surface area contributed by atoms with Gasteiger partial charge in [0.25, 0.3) is 0 Å². The van der Waals surface area contributed by atoms with Crippen LogP contribution in [0.3, 0.4) is 0 Å². The number of aliphatic hydroxyl groups excluding tert-OH is 1. The van der Waals surface area contributed by atoms with Gasteiger partial charge in [-0.3, -0.25) is 0 Å². The van der Waals surface area contributed by atoms with Gasteiger partial charge in [-0.2, -0.15) is 0 Å². The molecule has 3 nitrogen and oxygen atoms in total. The normalized spacial score (nSPS) is 9.95. The summed E-state index contributed by atoms with van der Waals surface area (Å²) >= 11 is 0. The average Bonchev–Trinajstić information content (AvgIpc) is 2.41. The van der Waals surface area contributed by atoms with Crippen LogP contribution in [0.15, 0.2) is 18.2 Å². The second-order valence-corrected chi connectivity index (χ2v) is 4.71. The summed E-state index contributed by atoms with van der Waals surface area (Å²) in [5.41, 5.74) is 0.748. The quantitative estimate of drug-likeness (QED) is 0.633. The van der Waals surface area contributed by atoms with E-state index in [9.17, 15) is 0 Å². The highest BCUT2D eigenvalue weighted by atomic mass is 16.5. The lowest BCUT2D eigenvalue weighted by Gasteiger charge is -2.10. The minimum absolute atomic E-state index is 0.163. The molecule has 0 amide bonds. The zero-order valence-electron chi connectivity index (χ0n) is 11.9. The van der Waals surface area contributed by atoms with Crippen LogP contribution in [-0.4, -0.2) is 25.4 Å². The molecular formula is C16H22O3. The van der Waals surface area contributed by atoms with Gasteiger partial charge >= 0.3 is 0 Å². The first-order valence-corrected chi connectivity index (χ1v) is 6.58. The van der Waals surface area contributed by atoms with Crippen LogP contribution in [-0.2, 0) is 0 Å². The smallest absolute Gasteiger partial charge is 0.135 e. The van der Waals surface area contributed by atoms with Crippen LogP contribution >= 0.6 is 0 Å². The summed E-state index contributed by atoms with van der Waals surface area (Å²) in [7, 11) is 1.61. The van der Waals surface area contributed by atoms with Gasteiger partial charge in [0.1, 0.15) is 18.1 Å². The molecule has 0 saturated carbocycles. The number of aliphatic hydroxyl groups is 1. The molecule has 0 fully saturated rings. The Morgan fingerprint density at radius 1 is 1.32 bits per heavy atom. The highest BCUT2D eigenvalue weighted by molar-refractivity contribution is 5.50. The van der Waals surface area contributed by atoms with Gasteiger partial charge < -0.3 is 14.6 Å². The summed E-state index contributed by atoms with van der Waals surface area (Å²) in [5, 5.41) is 8.77. The fraction of sp³-hybridized carbons (Fsp3) is 0.500. The second kappa shape index (κ2) is 8.44. The molecule has 1 N–H and O–H groups in total. The van der Waals surface area contributed by atoms with Crippen molar-refractivity contribution in [2.45, 2.75) is 26.7 Å². The van der Waals surface area contributed by atoms with Crippen molar-refractivity contribution in [1.82, 2.24) is 0 Å². The Bertz CT molecular complexity index is 441. The topological polar surface area (TPSA) is 38.7 Å². The molecule has 19 heavy (non-hydrogen) atoms. The predicted octanol–water partition coefficient (Wildman–Crippen LogP) is 2.85. The Morgan fingerprint density at radius 2 is 2.11 bits per heavy atom. The maximum Gasteiger partial charge on any atom is 0.135 e. The molecule has 0 atom stereocenters. The number of benzene rings is 1. The van der Waals surface area contributed by atoms with Crippen LogP contribution in [0.1, 0.15) is 32.3 Å². The third-order valence-corrected chi connectivity index (χ3v) is 2.67. The van der Waals surface area contributed by atoms with Crippen molar-refractivity contribution in [2.24, 2.45) is 5.92 Å². The first kappa shape index (κ1) is 15.4. The molecule has 1 aromatic rings. The van der Waals surface area contributed by atoms with Crippen molar-refractivity contribution < 1.29 is 14.6 Å². The molecule has 0 unspecified atom stereocenters. The summed E-state index contributed by atoms with van der Waals surface area (Å²) in [6.07, 6.45) is 2.17. The molecule has 104 valence electrons. The molecule has 0 aliphatic rings. The van der Waals surface area contributed by atoms with E-state index in [1.54, 1.807) is 7.11 Å². The highest BCUT2D eigenvalue weighted by Crippen LogP contribution is 2.23. The lowest BCUT2D eigenvalue weighted by Crippen LogP contribution is -2.01. The molecule has 3 heteroatoms. The van der Waals surface area contributed by atoms with Gasteiger partial charge in [0.2, 0.25) is 0 Å². The molecule has 0 heterocycles. The van der Waals surface area contributed by atoms with Gasteiger partial charge in [0, 0.05) is 0 Å². The van der Waals surface area contributed by atoms with E-state index in [4.69, 9.17) is 14.6 Å². The van der Waals surface area contributed by atoms with E-state index in [0.717, 1.165) is 29.9 Å². The highest BCUT2D eigenvalue weighted by Gasteiger charge is 2.04. The Hall–Kier alpha value is -1.66. The monoisotopic (exact) mass is 262 g/mol. The van der Waals surface area contributed by atoms with Gasteiger partial charge in [-0.1, -0.05) is 25.7 Å². The summed E-state index contributed by atoms with van der Waals surface area (Å²) in [5.74, 6) is 7.68. The lowest BCUT2D eigenvalue weighted by molar-refractivity contribution is 0.296. The molecule has 0 aliphatic carbocycles. The Balaban J connectivity index is 2.70. The maximum atomic E-state index is 8.77. The predicted molar refractivity (Wildman–Crippen MR) is 76.5 cm³/mol. The van der Waals surface area contributed by atoms with Gasteiger partial charge in [-0.25, -0.2) is 0 Å². The van der Waals surface area contributed by atoms with Gasteiger partial charge in [-0.05, 0) is 37.0 Å². The summed E-state index contributed by atoms with van der Waals surface area (Å²) in [4.78, 5) is 0. The minimum atomic E-state index is -0.163. The largest absolute Gasteiger partial charge is 0.497 e. The maximum absolute atomic E-state index is 8.77. The van der Waals surface area contributed by atoms with Crippen molar-refractivity contribution >= 4 is 0 Å². The average molecular weight is 262 g/mol. The third kappa shape index (κ3) is 5.67. The molecule has 0 bridgehead atoms. The van der Waals surface area contributed by atoms with Gasteiger partial charge in [-0.15, -0.1) is 0 Å². The van der Waals surface area contributed by atoms with E-state index < -0.39 is 0 Å². The van der Waals surface area contributed by atoms with Crippen molar-refractivity contribution in [1.29, 1.82) is 0 Å². The molecule has 0 radical (unpaired) electrons. The number of methoxy groups -OCH3 is 1. The van der Waals surface area contributed by atoms with Crippen molar-refractivity contribution in [3.8, 4) is 23.3 Å². The van der Waals surface area contributed by atoms with Crippen LogP contribution in [0.4, 0.5) is 0 Å². The molecule has 0 spiro atoms. The molecular weight excluding hydrogens is 240 g/mol. The van der Waals surface area contributed by atoms with Crippen molar-refractivity contribution in [3.63, 3.8) is 0 Å². The van der Waals surface area contributed by atoms with Crippen LogP contribution in [0.2, 0.25) is 0 Å². The molecule has 0 aromatic heterocycles. The summed E-state index contributed by atoms with van der Waals surface area (Å²) in [6, 6.07) is 5.53. The van der Waals surface area contributed by atoms with E-state index in [0.29, 0.717) is 12.5 Å². The molecule has 0 saturated heterocycles. The van der Waals surface area contributed by atoms with E-state index in [1.165, 1.54) is 0 Å². The van der Waals surface area contributed by atoms with Crippen LogP contribution in [0.5, 0.6) is 11.5 Å². The van der Waals surface area contributed by atoms with Gasteiger partial charge in [0.05, 0.1) is 19.3 Å². The van der Waals surface area contributed by atoms with Crippen LogP contribution in [0.25, 0.3) is 0 Å². The number of ether oxygens (including phenoxy) is 2. The Morgan fingerprint density at radius 3 is 2.74 bits per heavy atom. The Kier molecular flexibility index (Phi) is 6.84. The van der Waals surface area contributed by atoms with E-state index >= 15 is 0 Å². The standard InChI is InChI=1S/C16H22O3/c1-13(2)6-5-11-19-16-9-8-15(18-3)12-14(16)7-4-10-17/h8-9,12-13,17H,5-6,10-11H2,1-3H3. The number of hydrogen-bond acceptors (Lipinski definition) is 3. The minimum Gasteiger partial charge on any atom is -0.497 e. The SMILES string of the molecule is COc1ccc(OCCCC(C)C)c(C#CCO)c1. The van der Waals surface area contributed by atoms with Crippen molar-refractivity contribution in [2.75, 3.05) is 20.3 Å². The first-order valence-electron chi connectivity index (χ1n) is 6.58. The van der Waals surface area contributed by atoms with E-state index in [1.807, 2.05) is 18.2 Å². The lowest BCUT2D eigenvalue weighted by atomic mass is 10.1. The van der Waals surface area contributed by atoms with Gasteiger partial charge in [0.15, 0.2) is 0 Å². The summed E-state index contributed by atoms with van der Waals surface area (Å²) < 4.78 is 10.9. The Labute approximate surface area is 115 Å². The fourth-order valence-electron chi connectivity index (χ4n) is 1.67. The molecule has 0 aliphatic heterocycles. The first-order chi connectivity index (χ1) is 9.17. The van der Waals surface area contributed by atoms with E-state index in [2.05, 4.69) is 25.7 Å². The van der Waals surface area contributed by atoms with Crippen LogP contribution in [0, 0.1) is 17.8 Å². The van der Waals surface area contributed by atoms with E-state index in [-0.39, 0.29) is 6.61 Å². The molecule has 1 aromatic carbocycles. The number of hydrogen-bond donors (Lipinski definition) is 1. The zero-order valence-corrected chi connectivity index (χ0v) is 11.9. The second-order valence-electron chi connectivity index (χ2n) is 4.71.